The molecule has 0 spiro atoms. The summed E-state index contributed by atoms with van der Waals surface area (Å²) in [6.07, 6.45) is 4.86. The smallest absolute Gasteiger partial charge is 0.277 e. The summed E-state index contributed by atoms with van der Waals surface area (Å²) in [4.78, 5) is 11.7. The van der Waals surface area contributed by atoms with E-state index in [4.69, 9.17) is 0 Å². The van der Waals surface area contributed by atoms with Gasteiger partial charge in [-0.25, -0.2) is 0 Å². The molecule has 0 radical (unpaired) electrons. The van der Waals surface area contributed by atoms with E-state index in [-0.39, 0.29) is 5.91 Å². The lowest BCUT2D eigenvalue weighted by atomic mass is 10.1. The van der Waals surface area contributed by atoms with Crippen molar-refractivity contribution in [3.63, 3.8) is 0 Å². The highest BCUT2D eigenvalue weighted by atomic mass is 16.2. The molecular formula is C12H12N4O. The number of anilines is 1. The van der Waals surface area contributed by atoms with E-state index in [0.717, 1.165) is 18.5 Å². The van der Waals surface area contributed by atoms with Crippen LogP contribution < -0.4 is 5.32 Å². The molecule has 1 aliphatic rings. The molecule has 3 rings (SSSR count). The molecule has 0 fully saturated rings. The molecule has 5 nitrogen and oxygen atoms in total. The van der Waals surface area contributed by atoms with Crippen LogP contribution in [0.25, 0.3) is 0 Å². The van der Waals surface area contributed by atoms with Crippen molar-refractivity contribution in [2.75, 3.05) is 5.32 Å². The molecule has 1 aromatic carbocycles. The monoisotopic (exact) mass is 228 g/mol. The highest BCUT2D eigenvalue weighted by Gasteiger charge is 2.13. The van der Waals surface area contributed by atoms with Crippen LogP contribution >= 0.6 is 0 Å². The summed E-state index contributed by atoms with van der Waals surface area (Å²) in [5, 5.41) is 12.6. The minimum absolute atomic E-state index is 0.239. The van der Waals surface area contributed by atoms with Crippen molar-refractivity contribution >= 4 is 11.6 Å². The Labute approximate surface area is 98.2 Å². The number of H-pyrrole nitrogens is 1. The lowest BCUT2D eigenvalue weighted by Gasteiger charge is -2.05. The maximum Gasteiger partial charge on any atom is 0.277 e. The van der Waals surface area contributed by atoms with Crippen LogP contribution in [0.15, 0.2) is 24.4 Å². The first-order valence-corrected chi connectivity index (χ1v) is 5.62. The van der Waals surface area contributed by atoms with Crippen LogP contribution in [0.3, 0.4) is 0 Å². The van der Waals surface area contributed by atoms with Gasteiger partial charge in [0.2, 0.25) is 0 Å². The Balaban J connectivity index is 1.80. The Morgan fingerprint density at radius 2 is 2.18 bits per heavy atom. The molecule has 1 heterocycles. The molecule has 0 saturated heterocycles. The van der Waals surface area contributed by atoms with Crippen molar-refractivity contribution in [2.24, 2.45) is 0 Å². The van der Waals surface area contributed by atoms with Gasteiger partial charge in [-0.1, -0.05) is 6.07 Å². The number of benzene rings is 1. The average molecular weight is 228 g/mol. The Hall–Kier alpha value is -2.17. The number of rotatable bonds is 2. The minimum Gasteiger partial charge on any atom is -0.321 e. The highest BCUT2D eigenvalue weighted by molar-refractivity contribution is 6.02. The van der Waals surface area contributed by atoms with E-state index >= 15 is 0 Å². The van der Waals surface area contributed by atoms with Gasteiger partial charge in [0, 0.05) is 5.69 Å². The molecule has 86 valence electrons. The number of aryl methyl sites for hydroxylation is 2. The maximum absolute atomic E-state index is 11.7. The van der Waals surface area contributed by atoms with Crippen molar-refractivity contribution in [2.45, 2.75) is 19.3 Å². The standard InChI is InChI=1S/C12H12N4O/c17-12(11-7-13-16-15-11)14-10-5-4-8-2-1-3-9(8)6-10/h4-7H,1-3H2,(H,14,17)(H,13,15,16). The van der Waals surface area contributed by atoms with Crippen LogP contribution in [0.4, 0.5) is 5.69 Å². The molecule has 5 heteroatoms. The van der Waals surface area contributed by atoms with Gasteiger partial charge < -0.3 is 5.32 Å². The molecule has 1 aliphatic carbocycles. The number of nitrogens with zero attached hydrogens (tertiary/aromatic N) is 2. The second-order valence-corrected chi connectivity index (χ2v) is 4.15. The Bertz CT molecular complexity index is 548. The molecule has 0 atom stereocenters. The third-order valence-electron chi connectivity index (χ3n) is 3.00. The third-order valence-corrected chi connectivity index (χ3v) is 3.00. The van der Waals surface area contributed by atoms with Crippen LogP contribution in [0.1, 0.15) is 28.0 Å². The largest absolute Gasteiger partial charge is 0.321 e. The van der Waals surface area contributed by atoms with Gasteiger partial charge in [0.25, 0.3) is 5.91 Å². The summed E-state index contributed by atoms with van der Waals surface area (Å²) in [5.41, 5.74) is 3.84. The number of amides is 1. The van der Waals surface area contributed by atoms with Crippen molar-refractivity contribution < 1.29 is 4.79 Å². The topological polar surface area (TPSA) is 70.7 Å². The number of hydrogen-bond acceptors (Lipinski definition) is 3. The van der Waals surface area contributed by atoms with Crippen molar-refractivity contribution in [1.29, 1.82) is 0 Å². The van der Waals surface area contributed by atoms with Gasteiger partial charge in [0.1, 0.15) is 0 Å². The van der Waals surface area contributed by atoms with Gasteiger partial charge in [-0.2, -0.15) is 15.4 Å². The molecular weight excluding hydrogens is 216 g/mol. The summed E-state index contributed by atoms with van der Waals surface area (Å²) < 4.78 is 0. The summed E-state index contributed by atoms with van der Waals surface area (Å²) in [5.74, 6) is -0.239. The number of hydrogen-bond donors (Lipinski definition) is 2. The Kier molecular flexibility index (Phi) is 2.36. The molecule has 1 amide bonds. The van der Waals surface area contributed by atoms with Gasteiger partial charge in [-0.05, 0) is 42.5 Å². The van der Waals surface area contributed by atoms with E-state index in [9.17, 15) is 4.79 Å². The molecule has 0 unspecified atom stereocenters. The number of carbonyl (C=O) groups is 1. The first kappa shape index (κ1) is 10.0. The normalized spacial score (nSPS) is 13.4. The van der Waals surface area contributed by atoms with Crippen LogP contribution in [0.2, 0.25) is 0 Å². The van der Waals surface area contributed by atoms with Crippen LogP contribution in [-0.4, -0.2) is 21.3 Å². The number of carbonyl (C=O) groups excluding carboxylic acids is 1. The van der Waals surface area contributed by atoms with Gasteiger partial charge in [-0.15, -0.1) is 0 Å². The minimum atomic E-state index is -0.239. The zero-order chi connectivity index (χ0) is 11.7. The van der Waals surface area contributed by atoms with Gasteiger partial charge in [0.05, 0.1) is 6.20 Å². The quantitative estimate of drug-likeness (QED) is 0.819. The third kappa shape index (κ3) is 1.91. The van der Waals surface area contributed by atoms with Crippen molar-refractivity contribution in [3.8, 4) is 0 Å². The molecule has 0 saturated carbocycles. The number of nitrogens with one attached hydrogen (secondary N) is 2. The highest BCUT2D eigenvalue weighted by Crippen LogP contribution is 2.24. The van der Waals surface area contributed by atoms with E-state index in [1.165, 1.54) is 23.7 Å². The Morgan fingerprint density at radius 3 is 3.00 bits per heavy atom. The van der Waals surface area contributed by atoms with Gasteiger partial charge in [-0.3, -0.25) is 4.79 Å². The average Bonchev–Trinajstić information content (AvgIpc) is 2.99. The molecule has 2 N–H and O–H groups in total. The molecule has 0 bridgehead atoms. The molecule has 1 aromatic heterocycles. The second kappa shape index (κ2) is 4.01. The number of fused-ring (bicyclic) bond motifs is 1. The van der Waals surface area contributed by atoms with Crippen LogP contribution in [-0.2, 0) is 12.8 Å². The fraction of sp³-hybridized carbons (Fsp3) is 0.250. The van der Waals surface area contributed by atoms with Crippen LogP contribution in [0.5, 0.6) is 0 Å². The van der Waals surface area contributed by atoms with E-state index in [1.807, 2.05) is 12.1 Å². The lowest BCUT2D eigenvalue weighted by molar-refractivity contribution is 0.102. The fourth-order valence-corrected chi connectivity index (χ4v) is 2.16. The van der Waals surface area contributed by atoms with E-state index in [2.05, 4.69) is 26.8 Å². The van der Waals surface area contributed by atoms with E-state index in [0.29, 0.717) is 5.69 Å². The summed E-state index contributed by atoms with van der Waals surface area (Å²) in [6, 6.07) is 6.06. The number of aromatic nitrogens is 3. The zero-order valence-electron chi connectivity index (χ0n) is 9.23. The van der Waals surface area contributed by atoms with Crippen molar-refractivity contribution in [1.82, 2.24) is 15.4 Å². The molecule has 2 aromatic rings. The second-order valence-electron chi connectivity index (χ2n) is 4.15. The predicted octanol–water partition coefficient (Wildman–Crippen LogP) is 1.55. The molecule has 0 aliphatic heterocycles. The lowest BCUT2D eigenvalue weighted by Crippen LogP contribution is -2.12. The van der Waals surface area contributed by atoms with E-state index in [1.54, 1.807) is 0 Å². The summed E-state index contributed by atoms with van der Waals surface area (Å²) in [7, 11) is 0. The maximum atomic E-state index is 11.7. The fourth-order valence-electron chi connectivity index (χ4n) is 2.16. The van der Waals surface area contributed by atoms with Gasteiger partial charge in [0.15, 0.2) is 5.69 Å². The first-order chi connectivity index (χ1) is 8.33. The molecule has 17 heavy (non-hydrogen) atoms. The Morgan fingerprint density at radius 1 is 1.29 bits per heavy atom. The number of aromatic amines is 1. The van der Waals surface area contributed by atoms with Crippen LogP contribution in [0, 0.1) is 0 Å². The zero-order valence-corrected chi connectivity index (χ0v) is 9.23. The first-order valence-electron chi connectivity index (χ1n) is 5.62. The predicted molar refractivity (Wildman–Crippen MR) is 62.8 cm³/mol. The SMILES string of the molecule is O=C(Nc1ccc2c(c1)CCC2)c1cn[nH]n1. The van der Waals surface area contributed by atoms with Crippen molar-refractivity contribution in [3.05, 3.63) is 41.2 Å². The van der Waals surface area contributed by atoms with E-state index < -0.39 is 0 Å². The summed E-state index contributed by atoms with van der Waals surface area (Å²) in [6.45, 7) is 0. The summed E-state index contributed by atoms with van der Waals surface area (Å²) >= 11 is 0. The van der Waals surface area contributed by atoms with Gasteiger partial charge >= 0.3 is 0 Å².